The Labute approximate surface area is 353 Å². The molecule has 6 fully saturated rings. The third-order valence-corrected chi connectivity index (χ3v) is 14.1. The quantitative estimate of drug-likeness (QED) is 0.211. The number of hydrogen-bond acceptors (Lipinski definition) is 7. The molecule has 0 amide bonds. The summed E-state index contributed by atoms with van der Waals surface area (Å²) in [6.07, 6.45) is 16.4. The molecule has 0 unspecified atom stereocenters. The van der Waals surface area contributed by atoms with Crippen molar-refractivity contribution < 1.29 is 4.74 Å². The van der Waals surface area contributed by atoms with Crippen LogP contribution in [0.4, 0.5) is 0 Å². The van der Waals surface area contributed by atoms with Crippen molar-refractivity contribution in [3.63, 3.8) is 0 Å². The highest BCUT2D eigenvalue weighted by atomic mass is 16.5. The van der Waals surface area contributed by atoms with Gasteiger partial charge in [0.25, 0.3) is 0 Å². The van der Waals surface area contributed by atoms with Gasteiger partial charge in [0.05, 0.1) is 6.10 Å². The molecular formula is C49H104N6O. The summed E-state index contributed by atoms with van der Waals surface area (Å²) in [5, 5.41) is 3.11. The van der Waals surface area contributed by atoms with Crippen LogP contribution < -0.4 is 5.32 Å². The minimum Gasteiger partial charge on any atom is -0.378 e. The van der Waals surface area contributed by atoms with E-state index in [4.69, 9.17) is 4.74 Å². The molecule has 56 heavy (non-hydrogen) atoms. The third-order valence-electron chi connectivity index (χ3n) is 14.1. The van der Waals surface area contributed by atoms with Crippen molar-refractivity contribution in [3.8, 4) is 0 Å². The van der Waals surface area contributed by atoms with Crippen LogP contribution in [0.1, 0.15) is 174 Å². The Morgan fingerprint density at radius 1 is 0.518 bits per heavy atom. The van der Waals surface area contributed by atoms with Gasteiger partial charge in [-0.1, -0.05) is 55.4 Å². The molecule has 4 saturated heterocycles. The monoisotopic (exact) mass is 793 g/mol. The highest BCUT2D eigenvalue weighted by Gasteiger charge is 2.46. The van der Waals surface area contributed by atoms with Gasteiger partial charge in [-0.2, -0.15) is 0 Å². The molecule has 4 aliphatic heterocycles. The van der Waals surface area contributed by atoms with Crippen LogP contribution in [0.25, 0.3) is 0 Å². The lowest BCUT2D eigenvalue weighted by Gasteiger charge is -2.54. The first-order valence-electron chi connectivity index (χ1n) is 25.0. The van der Waals surface area contributed by atoms with Gasteiger partial charge in [0.15, 0.2) is 0 Å². The van der Waals surface area contributed by atoms with Crippen LogP contribution >= 0.6 is 0 Å². The van der Waals surface area contributed by atoms with Crippen molar-refractivity contribution in [2.45, 2.75) is 199 Å². The number of ether oxygens (including phenoxy) is 1. The number of hydrogen-bond donors (Lipinski definition) is 1. The van der Waals surface area contributed by atoms with Crippen molar-refractivity contribution in [3.05, 3.63) is 0 Å². The summed E-state index contributed by atoms with van der Waals surface area (Å²) < 4.78 is 5.68. The molecule has 2 aliphatic carbocycles. The van der Waals surface area contributed by atoms with E-state index in [9.17, 15) is 0 Å². The average Bonchev–Trinajstić information content (AvgIpc) is 3.19. The molecule has 2 saturated carbocycles. The average molecular weight is 793 g/mol. The molecule has 0 radical (unpaired) electrons. The maximum absolute atomic E-state index is 5.68. The van der Waals surface area contributed by atoms with Crippen molar-refractivity contribution >= 4 is 0 Å². The van der Waals surface area contributed by atoms with Crippen LogP contribution in [-0.2, 0) is 4.74 Å². The Balaban J connectivity index is 0.000000447. The molecule has 4 heterocycles. The zero-order valence-corrected chi connectivity index (χ0v) is 41.0. The highest BCUT2D eigenvalue weighted by molar-refractivity contribution is 4.98. The molecule has 0 aromatic rings. The lowest BCUT2D eigenvalue weighted by molar-refractivity contribution is -0.0369. The maximum Gasteiger partial charge on any atom is 0.0580 e. The fourth-order valence-electron chi connectivity index (χ4n) is 10.2. The largest absolute Gasteiger partial charge is 0.378 e. The molecule has 2 spiro atoms. The third kappa shape index (κ3) is 18.5. The number of piperidine rings is 3. The number of piperazine rings is 1. The van der Waals surface area contributed by atoms with Crippen LogP contribution in [0, 0.1) is 22.7 Å². The Morgan fingerprint density at radius 3 is 1.32 bits per heavy atom. The van der Waals surface area contributed by atoms with Crippen molar-refractivity contribution in [1.29, 1.82) is 0 Å². The van der Waals surface area contributed by atoms with Crippen LogP contribution in [0.5, 0.6) is 0 Å². The summed E-state index contributed by atoms with van der Waals surface area (Å²) in [7, 11) is 0. The van der Waals surface area contributed by atoms with E-state index in [1.54, 1.807) is 0 Å². The predicted molar refractivity (Wildman–Crippen MR) is 249 cm³/mol. The molecular weight excluding hydrogens is 689 g/mol. The van der Waals surface area contributed by atoms with Gasteiger partial charge in [-0.25, -0.2) is 0 Å². The summed E-state index contributed by atoms with van der Waals surface area (Å²) in [4.78, 5) is 13.4. The lowest BCUT2D eigenvalue weighted by Crippen LogP contribution is -2.54. The zero-order valence-electron chi connectivity index (χ0n) is 41.0. The molecule has 0 aromatic heterocycles. The second-order valence-electron chi connectivity index (χ2n) is 18.5. The van der Waals surface area contributed by atoms with E-state index in [0.29, 0.717) is 11.5 Å². The second kappa shape index (κ2) is 29.9. The number of rotatable bonds is 12. The number of likely N-dealkylation sites (tertiary alicyclic amines) is 3. The van der Waals surface area contributed by atoms with Gasteiger partial charge >= 0.3 is 0 Å². The Morgan fingerprint density at radius 2 is 0.929 bits per heavy atom. The van der Waals surface area contributed by atoms with Crippen LogP contribution in [-0.4, -0.2) is 147 Å². The number of nitrogens with one attached hydrogen (secondary N) is 1. The Bertz CT molecular complexity index is 876. The van der Waals surface area contributed by atoms with E-state index in [-0.39, 0.29) is 0 Å². The van der Waals surface area contributed by atoms with Gasteiger partial charge in [-0.3, -0.25) is 4.90 Å². The van der Waals surface area contributed by atoms with Crippen molar-refractivity contribution in [2.75, 3.05) is 98.2 Å². The standard InChI is InChI=1S/C20H38N2O.C19H37N3.C4H11N.3C2H6/c1-4-23-19-15-18(16-19)5-10-21-11-6-20(7-12-21)8-13-22(14-9-20)17(2)3;1-16(2)21-7-5-19(6-8-21)13-18(14-19)15-20-9-11-22(12-10-20)17(3)4;1-3-5-4-2;3*1-2/h17-19H,4-16H2,1-3H3;16-18H,5-15H2,1-4H3;5H,3-4H2,1-2H3;3*1-2H3. The van der Waals surface area contributed by atoms with E-state index in [1.807, 2.05) is 41.5 Å². The van der Waals surface area contributed by atoms with Crippen molar-refractivity contribution in [2.24, 2.45) is 22.7 Å². The van der Waals surface area contributed by atoms with Crippen LogP contribution in [0.15, 0.2) is 0 Å². The summed E-state index contributed by atoms with van der Waals surface area (Å²) in [6.45, 7) is 51.3. The van der Waals surface area contributed by atoms with Gasteiger partial charge in [0.1, 0.15) is 0 Å². The Hall–Kier alpha value is -0.280. The normalized spacial score (nSPS) is 25.6. The van der Waals surface area contributed by atoms with E-state index in [2.05, 4.69) is 92.1 Å². The van der Waals surface area contributed by atoms with E-state index < -0.39 is 0 Å². The van der Waals surface area contributed by atoms with Gasteiger partial charge in [0.2, 0.25) is 0 Å². The molecule has 7 heteroatoms. The molecule has 336 valence electrons. The van der Waals surface area contributed by atoms with E-state index in [1.165, 1.54) is 149 Å². The Kier molecular flexibility index (Phi) is 28.7. The fourth-order valence-corrected chi connectivity index (χ4v) is 10.2. The fraction of sp³-hybridized carbons (Fsp3) is 1.00. The molecule has 6 rings (SSSR count). The van der Waals surface area contributed by atoms with Gasteiger partial charge in [-0.05, 0) is 201 Å². The molecule has 0 aromatic carbocycles. The first-order chi connectivity index (χ1) is 27.0. The summed E-state index contributed by atoms with van der Waals surface area (Å²) >= 11 is 0. The first kappa shape index (κ1) is 53.7. The van der Waals surface area contributed by atoms with Gasteiger partial charge in [-0.15, -0.1) is 0 Å². The highest BCUT2D eigenvalue weighted by Crippen LogP contribution is 2.53. The molecule has 0 atom stereocenters. The molecule has 7 nitrogen and oxygen atoms in total. The van der Waals surface area contributed by atoms with E-state index in [0.717, 1.165) is 55.1 Å². The van der Waals surface area contributed by atoms with Crippen molar-refractivity contribution in [1.82, 2.24) is 29.8 Å². The van der Waals surface area contributed by atoms with Gasteiger partial charge < -0.3 is 29.7 Å². The van der Waals surface area contributed by atoms with Crippen LogP contribution in [0.2, 0.25) is 0 Å². The minimum atomic E-state index is 0.584. The van der Waals surface area contributed by atoms with Crippen LogP contribution in [0.3, 0.4) is 0 Å². The topological polar surface area (TPSA) is 37.5 Å². The predicted octanol–water partition coefficient (Wildman–Crippen LogP) is 10.4. The lowest BCUT2D eigenvalue weighted by atomic mass is 9.57. The zero-order chi connectivity index (χ0) is 42.1. The smallest absolute Gasteiger partial charge is 0.0580 e. The van der Waals surface area contributed by atoms with Gasteiger partial charge in [0, 0.05) is 57.5 Å². The van der Waals surface area contributed by atoms with E-state index >= 15 is 0 Å². The molecule has 1 N–H and O–H groups in total. The molecule has 0 bridgehead atoms. The SMILES string of the molecule is CC.CC.CC.CC(C)N1CCN(CC2CC3(CCN(C(C)C)CC3)C2)CC1.CCNCC.CCOC1CC(CCN2CCC3(CC2)CCN(C(C)C)CC3)C1. The first-order valence-corrected chi connectivity index (χ1v) is 25.0. The second-order valence-corrected chi connectivity index (χ2v) is 18.5. The molecule has 6 aliphatic rings. The summed E-state index contributed by atoms with van der Waals surface area (Å²) in [5.74, 6) is 1.94. The summed E-state index contributed by atoms with van der Waals surface area (Å²) in [5.41, 5.74) is 1.44. The number of nitrogens with zero attached hydrogens (tertiary/aromatic N) is 5. The minimum absolute atomic E-state index is 0.584. The maximum atomic E-state index is 5.68. The summed E-state index contributed by atoms with van der Waals surface area (Å²) in [6, 6.07) is 2.20.